The standard InChI is InChI=1S/C18H22N4O4S2/c1-3-5-20-18(26)21-13-15(23)22-14(17(24)25)11(9-28-16(13)22)8-27-12-7-10(2)4-6-19-12/h4,6-7,13,16H,3,5,8-9H2,1-2H3,(H,24,25)(H2,20,21,26)/t13?,16-/m0/s1. The lowest BCUT2D eigenvalue weighted by atomic mass is 10.0. The van der Waals surface area contributed by atoms with Gasteiger partial charge in [-0.2, -0.15) is 0 Å². The Morgan fingerprint density at radius 2 is 2.25 bits per heavy atom. The summed E-state index contributed by atoms with van der Waals surface area (Å²) in [5.74, 6) is -0.585. The summed E-state index contributed by atoms with van der Waals surface area (Å²) in [4.78, 5) is 41.8. The van der Waals surface area contributed by atoms with Gasteiger partial charge in [0.05, 0.1) is 5.03 Å². The van der Waals surface area contributed by atoms with Gasteiger partial charge in [0, 0.05) is 24.2 Å². The number of nitrogens with one attached hydrogen (secondary N) is 2. The van der Waals surface area contributed by atoms with Crippen molar-refractivity contribution in [2.45, 2.75) is 36.7 Å². The molecule has 3 heterocycles. The molecule has 3 amide bonds. The molecule has 1 saturated heterocycles. The van der Waals surface area contributed by atoms with Crippen molar-refractivity contribution in [3.05, 3.63) is 35.2 Å². The summed E-state index contributed by atoms with van der Waals surface area (Å²) in [5, 5.41) is 15.4. The molecule has 2 atom stereocenters. The summed E-state index contributed by atoms with van der Waals surface area (Å²) in [5.41, 5.74) is 1.79. The number of hydrogen-bond acceptors (Lipinski definition) is 6. The van der Waals surface area contributed by atoms with Crippen LogP contribution < -0.4 is 10.6 Å². The Balaban J connectivity index is 1.70. The van der Waals surface area contributed by atoms with Gasteiger partial charge in [-0.1, -0.05) is 6.92 Å². The minimum Gasteiger partial charge on any atom is -0.477 e. The lowest BCUT2D eigenvalue weighted by molar-refractivity contribution is -0.148. The van der Waals surface area contributed by atoms with E-state index in [2.05, 4.69) is 15.6 Å². The highest BCUT2D eigenvalue weighted by Gasteiger charge is 2.54. The topological polar surface area (TPSA) is 112 Å². The number of β-lactam (4-membered cyclic amide) rings is 1. The number of carbonyl (C=O) groups excluding carboxylic acids is 2. The number of aromatic nitrogens is 1. The van der Waals surface area contributed by atoms with Crippen LogP contribution in [-0.4, -0.2) is 62.4 Å². The first-order valence-corrected chi connectivity index (χ1v) is 11.0. The molecule has 1 fully saturated rings. The number of thioether (sulfide) groups is 2. The summed E-state index contributed by atoms with van der Waals surface area (Å²) >= 11 is 2.91. The Hall–Kier alpha value is -2.20. The summed E-state index contributed by atoms with van der Waals surface area (Å²) < 4.78 is 0. The molecule has 28 heavy (non-hydrogen) atoms. The third-order valence-electron chi connectivity index (χ3n) is 4.36. The van der Waals surface area contributed by atoms with Gasteiger partial charge in [-0.15, -0.1) is 23.5 Å². The van der Waals surface area contributed by atoms with Crippen LogP contribution in [0.4, 0.5) is 4.79 Å². The van der Waals surface area contributed by atoms with Gasteiger partial charge in [0.25, 0.3) is 5.91 Å². The predicted molar refractivity (Wildman–Crippen MR) is 108 cm³/mol. The first-order valence-electron chi connectivity index (χ1n) is 8.92. The molecule has 2 aliphatic heterocycles. The lowest BCUT2D eigenvalue weighted by Crippen LogP contribution is -2.71. The van der Waals surface area contributed by atoms with Gasteiger partial charge >= 0.3 is 12.0 Å². The number of fused-ring (bicyclic) bond motifs is 1. The fourth-order valence-electron chi connectivity index (χ4n) is 2.97. The molecule has 8 nitrogen and oxygen atoms in total. The summed E-state index contributed by atoms with van der Waals surface area (Å²) in [6.45, 7) is 4.42. The van der Waals surface area contributed by atoms with Crippen molar-refractivity contribution in [2.75, 3.05) is 18.1 Å². The Kier molecular flexibility index (Phi) is 6.50. The average Bonchev–Trinajstić information content (AvgIpc) is 2.67. The maximum Gasteiger partial charge on any atom is 0.352 e. The summed E-state index contributed by atoms with van der Waals surface area (Å²) in [6.07, 6.45) is 2.51. The van der Waals surface area contributed by atoms with Crippen LogP contribution in [0, 0.1) is 6.92 Å². The van der Waals surface area contributed by atoms with Crippen molar-refractivity contribution in [1.29, 1.82) is 0 Å². The SMILES string of the molecule is CCCNC(=O)NC1C(=O)N2C(C(=O)O)=C(CSc3cc(C)ccn3)CS[C@@H]12. The van der Waals surface area contributed by atoms with E-state index >= 15 is 0 Å². The zero-order valence-electron chi connectivity index (χ0n) is 15.6. The molecule has 150 valence electrons. The molecule has 10 heteroatoms. The van der Waals surface area contributed by atoms with E-state index < -0.39 is 29.3 Å². The number of carboxylic acids is 1. The summed E-state index contributed by atoms with van der Waals surface area (Å²) in [7, 11) is 0. The normalized spacial score (nSPS) is 21.1. The number of carbonyl (C=O) groups is 3. The molecule has 0 spiro atoms. The van der Waals surface area contributed by atoms with E-state index in [4.69, 9.17) is 0 Å². The Morgan fingerprint density at radius 1 is 1.46 bits per heavy atom. The second kappa shape index (κ2) is 8.87. The number of hydrogen-bond donors (Lipinski definition) is 3. The van der Waals surface area contributed by atoms with Crippen molar-refractivity contribution in [2.24, 2.45) is 0 Å². The van der Waals surface area contributed by atoms with Gasteiger partial charge in [0.1, 0.15) is 17.1 Å². The van der Waals surface area contributed by atoms with Gasteiger partial charge in [-0.25, -0.2) is 14.6 Å². The number of pyridine rings is 1. The van der Waals surface area contributed by atoms with E-state index in [0.717, 1.165) is 17.0 Å². The van der Waals surface area contributed by atoms with E-state index in [1.165, 1.54) is 28.4 Å². The monoisotopic (exact) mass is 422 g/mol. The molecule has 0 aliphatic carbocycles. The fourth-order valence-corrected chi connectivity index (χ4v) is 5.41. The molecule has 1 aromatic rings. The first-order chi connectivity index (χ1) is 13.4. The van der Waals surface area contributed by atoms with Crippen LogP contribution in [0.25, 0.3) is 0 Å². The lowest BCUT2D eigenvalue weighted by Gasteiger charge is -2.49. The van der Waals surface area contributed by atoms with E-state index in [-0.39, 0.29) is 5.70 Å². The molecular weight excluding hydrogens is 400 g/mol. The molecule has 3 rings (SSSR count). The highest BCUT2D eigenvalue weighted by atomic mass is 32.2. The van der Waals surface area contributed by atoms with Gasteiger partial charge in [0.2, 0.25) is 0 Å². The third-order valence-corrected chi connectivity index (χ3v) is 6.71. The number of nitrogens with zero attached hydrogens (tertiary/aromatic N) is 2. The zero-order chi connectivity index (χ0) is 20.3. The van der Waals surface area contributed by atoms with Crippen LogP contribution in [0.1, 0.15) is 18.9 Å². The highest BCUT2D eigenvalue weighted by molar-refractivity contribution is 8.01. The second-order valence-corrected chi connectivity index (χ2v) is 8.61. The molecule has 0 saturated carbocycles. The molecule has 1 aromatic heterocycles. The van der Waals surface area contributed by atoms with Crippen molar-refractivity contribution in [1.82, 2.24) is 20.5 Å². The van der Waals surface area contributed by atoms with Gasteiger partial charge in [-0.05, 0) is 36.6 Å². The van der Waals surface area contributed by atoms with Crippen LogP contribution in [0.2, 0.25) is 0 Å². The maximum absolute atomic E-state index is 12.5. The molecule has 1 unspecified atom stereocenters. The largest absolute Gasteiger partial charge is 0.477 e. The molecule has 3 N–H and O–H groups in total. The van der Waals surface area contributed by atoms with Crippen molar-refractivity contribution in [3.8, 4) is 0 Å². The fraction of sp³-hybridized carbons (Fsp3) is 0.444. The molecule has 2 aliphatic rings. The van der Waals surface area contributed by atoms with Crippen molar-refractivity contribution < 1.29 is 19.5 Å². The quantitative estimate of drug-likeness (QED) is 0.454. The minimum atomic E-state index is -1.12. The van der Waals surface area contributed by atoms with E-state index in [1.807, 2.05) is 26.0 Å². The Labute approximate surface area is 171 Å². The molecule has 0 radical (unpaired) electrons. The van der Waals surface area contributed by atoms with Gasteiger partial charge < -0.3 is 15.7 Å². The Bertz CT molecular complexity index is 830. The zero-order valence-corrected chi connectivity index (χ0v) is 17.2. The average molecular weight is 423 g/mol. The van der Waals surface area contributed by atoms with Crippen LogP contribution in [0.3, 0.4) is 0 Å². The van der Waals surface area contributed by atoms with Crippen molar-refractivity contribution >= 4 is 41.4 Å². The van der Waals surface area contributed by atoms with Crippen molar-refractivity contribution in [3.63, 3.8) is 0 Å². The van der Waals surface area contributed by atoms with Crippen LogP contribution in [-0.2, 0) is 9.59 Å². The predicted octanol–water partition coefficient (Wildman–Crippen LogP) is 1.81. The molecular formula is C18H22N4O4S2. The number of carboxylic acid groups (broad SMARTS) is 1. The first kappa shape index (κ1) is 20.5. The van der Waals surface area contributed by atoms with E-state index in [1.54, 1.807) is 6.20 Å². The van der Waals surface area contributed by atoms with E-state index in [0.29, 0.717) is 23.6 Å². The smallest absolute Gasteiger partial charge is 0.352 e. The number of amides is 3. The number of urea groups is 1. The molecule has 0 bridgehead atoms. The Morgan fingerprint density at radius 3 is 2.93 bits per heavy atom. The highest BCUT2D eigenvalue weighted by Crippen LogP contribution is 2.41. The van der Waals surface area contributed by atoms with Gasteiger partial charge in [-0.3, -0.25) is 9.69 Å². The van der Waals surface area contributed by atoms with Crippen LogP contribution >= 0.6 is 23.5 Å². The second-order valence-electron chi connectivity index (χ2n) is 6.51. The van der Waals surface area contributed by atoms with E-state index in [9.17, 15) is 19.5 Å². The van der Waals surface area contributed by atoms with Gasteiger partial charge in [0.15, 0.2) is 0 Å². The minimum absolute atomic E-state index is 0.0286. The number of rotatable bonds is 7. The number of aliphatic carboxylic acids is 1. The van der Waals surface area contributed by atoms with Crippen LogP contribution in [0.15, 0.2) is 34.6 Å². The third kappa shape index (κ3) is 4.27. The van der Waals surface area contributed by atoms with Crippen LogP contribution in [0.5, 0.6) is 0 Å². The summed E-state index contributed by atoms with van der Waals surface area (Å²) in [6, 6.07) is 2.72. The maximum atomic E-state index is 12.5. The number of aryl methyl sites for hydroxylation is 1. The molecule has 0 aromatic carbocycles.